The summed E-state index contributed by atoms with van der Waals surface area (Å²) in [6.07, 6.45) is 5.80. The predicted molar refractivity (Wildman–Crippen MR) is 157 cm³/mol. The molecule has 1 aliphatic heterocycles. The van der Waals surface area contributed by atoms with Crippen LogP contribution >= 0.6 is 0 Å². The van der Waals surface area contributed by atoms with Gasteiger partial charge in [-0.3, -0.25) is 14.3 Å². The van der Waals surface area contributed by atoms with Crippen molar-refractivity contribution in [1.29, 1.82) is 0 Å². The molecule has 2 aromatic heterocycles. The zero-order valence-corrected chi connectivity index (χ0v) is 23.7. The molecule has 3 heterocycles. The van der Waals surface area contributed by atoms with Crippen molar-refractivity contribution in [3.63, 3.8) is 0 Å². The van der Waals surface area contributed by atoms with E-state index in [1.54, 1.807) is 12.3 Å². The van der Waals surface area contributed by atoms with Gasteiger partial charge < -0.3 is 15.7 Å². The third-order valence-electron chi connectivity index (χ3n) is 8.36. The molecule has 0 unspecified atom stereocenters. The summed E-state index contributed by atoms with van der Waals surface area (Å²) in [5.41, 5.74) is 7.88. The molecule has 1 aliphatic carbocycles. The lowest BCUT2D eigenvalue weighted by molar-refractivity contribution is 0.0816. The lowest BCUT2D eigenvalue weighted by Crippen LogP contribution is -2.49. The number of piperazine rings is 1. The number of nitrogen functional groups attached to an aromatic ring is 1. The standard InChI is InChI=1S/C29H34FN7O3S/c1-35-14-16-36(17-15-35)20-7-9-21(10-8-20)37-24-12-13-32-29(31)27(24)28(33-37)19-6-11-23(22(30)18-19)34-41(39,40)26-5-3-2-4-25(26)38/h2-6,11-13,18,20-21,34,38H,7-10,14-17H2,1H3,(H2,31,32). The minimum atomic E-state index is -4.21. The van der Waals surface area contributed by atoms with Crippen LogP contribution in [0.3, 0.4) is 0 Å². The Hall–Kier alpha value is -3.74. The van der Waals surface area contributed by atoms with Crippen molar-refractivity contribution in [2.75, 3.05) is 43.7 Å². The number of aromatic nitrogens is 3. The predicted octanol–water partition coefficient (Wildman–Crippen LogP) is 4.06. The first-order valence-electron chi connectivity index (χ1n) is 13.9. The van der Waals surface area contributed by atoms with Gasteiger partial charge in [0.1, 0.15) is 28.0 Å². The summed E-state index contributed by atoms with van der Waals surface area (Å²) in [6.45, 7) is 4.41. The zero-order valence-electron chi connectivity index (χ0n) is 22.9. The molecule has 2 aromatic carbocycles. The normalized spacial score (nSPS) is 20.8. The summed E-state index contributed by atoms with van der Waals surface area (Å²) < 4.78 is 45.1. The van der Waals surface area contributed by atoms with Gasteiger partial charge in [0, 0.05) is 44.0 Å². The number of nitrogens with one attached hydrogen (secondary N) is 1. The van der Waals surface area contributed by atoms with E-state index < -0.39 is 21.6 Å². The van der Waals surface area contributed by atoms with Crippen LogP contribution in [0.4, 0.5) is 15.9 Å². The molecule has 1 saturated carbocycles. The van der Waals surface area contributed by atoms with E-state index >= 15 is 4.39 Å². The van der Waals surface area contributed by atoms with Crippen molar-refractivity contribution in [2.45, 2.75) is 42.7 Å². The van der Waals surface area contributed by atoms with Gasteiger partial charge in [0.05, 0.1) is 22.6 Å². The quantitative estimate of drug-likeness (QED) is 0.312. The summed E-state index contributed by atoms with van der Waals surface area (Å²) in [5.74, 6) is -0.895. The first kappa shape index (κ1) is 27.4. The van der Waals surface area contributed by atoms with Crippen LogP contribution in [-0.2, 0) is 10.0 Å². The fourth-order valence-electron chi connectivity index (χ4n) is 6.08. The number of pyridine rings is 1. The Morgan fingerprint density at radius 1 is 1.00 bits per heavy atom. The molecule has 4 aromatic rings. The summed E-state index contributed by atoms with van der Waals surface area (Å²) in [5, 5.41) is 15.6. The summed E-state index contributed by atoms with van der Waals surface area (Å²) >= 11 is 0. The molecule has 6 rings (SSSR count). The maximum Gasteiger partial charge on any atom is 0.265 e. The van der Waals surface area contributed by atoms with Crippen LogP contribution in [0.25, 0.3) is 22.2 Å². The number of anilines is 2. The van der Waals surface area contributed by atoms with Gasteiger partial charge in [0.25, 0.3) is 10.0 Å². The monoisotopic (exact) mass is 579 g/mol. The number of likely N-dealkylation sites (N-methyl/N-ethyl adjacent to an activating group) is 1. The van der Waals surface area contributed by atoms with Crippen molar-refractivity contribution in [3.05, 3.63) is 60.5 Å². The van der Waals surface area contributed by atoms with E-state index in [0.717, 1.165) is 57.4 Å². The minimum Gasteiger partial charge on any atom is -0.507 e. The molecule has 1 saturated heterocycles. The van der Waals surface area contributed by atoms with Crippen LogP contribution in [0.2, 0.25) is 0 Å². The number of fused-ring (bicyclic) bond motifs is 1. The molecule has 12 heteroatoms. The molecule has 0 radical (unpaired) electrons. The van der Waals surface area contributed by atoms with Gasteiger partial charge in [0.2, 0.25) is 0 Å². The van der Waals surface area contributed by atoms with Crippen molar-refractivity contribution in [1.82, 2.24) is 24.6 Å². The number of halogens is 1. The zero-order chi connectivity index (χ0) is 28.7. The Bertz CT molecular complexity index is 1680. The van der Waals surface area contributed by atoms with Gasteiger partial charge in [-0.25, -0.2) is 17.8 Å². The van der Waals surface area contributed by atoms with Gasteiger partial charge in [-0.15, -0.1) is 0 Å². The molecule has 0 amide bonds. The van der Waals surface area contributed by atoms with E-state index in [4.69, 9.17) is 10.8 Å². The van der Waals surface area contributed by atoms with Gasteiger partial charge in [-0.05, 0) is 63.1 Å². The van der Waals surface area contributed by atoms with Crippen molar-refractivity contribution in [2.24, 2.45) is 0 Å². The Balaban J connectivity index is 1.27. The first-order chi connectivity index (χ1) is 19.7. The van der Waals surface area contributed by atoms with Crippen LogP contribution in [0.15, 0.2) is 59.6 Å². The van der Waals surface area contributed by atoms with Crippen LogP contribution < -0.4 is 10.5 Å². The van der Waals surface area contributed by atoms with Crippen LogP contribution in [0.1, 0.15) is 31.7 Å². The van der Waals surface area contributed by atoms with Crippen molar-refractivity contribution >= 4 is 32.4 Å². The summed E-state index contributed by atoms with van der Waals surface area (Å²) in [7, 11) is -2.04. The van der Waals surface area contributed by atoms with E-state index in [-0.39, 0.29) is 16.6 Å². The highest BCUT2D eigenvalue weighted by molar-refractivity contribution is 7.92. The van der Waals surface area contributed by atoms with E-state index in [2.05, 4.69) is 26.6 Å². The smallest absolute Gasteiger partial charge is 0.265 e. The average Bonchev–Trinajstić information content (AvgIpc) is 3.36. The van der Waals surface area contributed by atoms with Crippen LogP contribution in [0, 0.1) is 5.82 Å². The number of nitrogens with zero attached hydrogens (tertiary/aromatic N) is 5. The number of phenolic OH excluding ortho intramolecular Hbond substituents is 1. The van der Waals surface area contributed by atoms with Gasteiger partial charge in [-0.1, -0.05) is 18.2 Å². The number of phenols is 1. The highest BCUT2D eigenvalue weighted by Crippen LogP contribution is 2.38. The van der Waals surface area contributed by atoms with Crippen molar-refractivity contribution < 1.29 is 17.9 Å². The molecule has 2 fully saturated rings. The fourth-order valence-corrected chi connectivity index (χ4v) is 7.24. The maximum absolute atomic E-state index is 15.3. The summed E-state index contributed by atoms with van der Waals surface area (Å²) in [6, 6.07) is 12.3. The Morgan fingerprint density at radius 2 is 1.71 bits per heavy atom. The molecule has 10 nitrogen and oxygen atoms in total. The lowest BCUT2D eigenvalue weighted by Gasteiger charge is -2.41. The third-order valence-corrected chi connectivity index (χ3v) is 9.77. The average molecular weight is 580 g/mol. The molecule has 216 valence electrons. The molecule has 0 atom stereocenters. The number of nitrogens with two attached hydrogens (primary N) is 1. The SMILES string of the molecule is CN1CCN(C2CCC(n3nc(-c4ccc(NS(=O)(=O)c5ccccc5O)c(F)c4)c4c(N)nccc43)CC2)CC1. The highest BCUT2D eigenvalue weighted by atomic mass is 32.2. The molecular weight excluding hydrogens is 545 g/mol. The van der Waals surface area contributed by atoms with Crippen molar-refractivity contribution in [3.8, 4) is 17.0 Å². The number of hydrogen-bond donors (Lipinski definition) is 3. The second-order valence-electron chi connectivity index (χ2n) is 11.0. The van der Waals surface area contributed by atoms with E-state index in [1.807, 2.05) is 10.7 Å². The number of sulfonamides is 1. The topological polar surface area (TPSA) is 130 Å². The highest BCUT2D eigenvalue weighted by Gasteiger charge is 2.30. The number of hydrogen-bond acceptors (Lipinski definition) is 8. The van der Waals surface area contributed by atoms with Gasteiger partial charge in [-0.2, -0.15) is 5.10 Å². The molecule has 41 heavy (non-hydrogen) atoms. The second kappa shape index (κ2) is 10.9. The van der Waals surface area contributed by atoms with Crippen LogP contribution in [0.5, 0.6) is 5.75 Å². The van der Waals surface area contributed by atoms with Gasteiger partial charge in [0.15, 0.2) is 0 Å². The Kier molecular flexibility index (Phi) is 7.30. The van der Waals surface area contributed by atoms with E-state index in [9.17, 15) is 13.5 Å². The molecule has 0 bridgehead atoms. The van der Waals surface area contributed by atoms with Gasteiger partial charge >= 0.3 is 0 Å². The van der Waals surface area contributed by atoms with E-state index in [0.29, 0.717) is 28.5 Å². The van der Waals surface area contributed by atoms with E-state index in [1.165, 1.54) is 36.4 Å². The molecule has 4 N–H and O–H groups in total. The molecular formula is C29H34FN7O3S. The van der Waals surface area contributed by atoms with Crippen LogP contribution in [-0.4, -0.2) is 77.4 Å². The maximum atomic E-state index is 15.3. The third kappa shape index (κ3) is 5.34. The number of para-hydroxylation sites is 1. The molecule has 2 aliphatic rings. The largest absolute Gasteiger partial charge is 0.507 e. The number of aromatic hydroxyl groups is 1. The minimum absolute atomic E-state index is 0.186. The Morgan fingerprint density at radius 3 is 2.41 bits per heavy atom. The number of rotatable bonds is 6. The first-order valence-corrected chi connectivity index (χ1v) is 15.4. The fraction of sp³-hybridized carbons (Fsp3) is 0.379. The lowest BCUT2D eigenvalue weighted by atomic mass is 9.89. The molecule has 0 spiro atoms. The summed E-state index contributed by atoms with van der Waals surface area (Å²) in [4.78, 5) is 8.91. The second-order valence-corrected chi connectivity index (χ2v) is 12.6. The Labute approximate surface area is 238 Å². The number of benzene rings is 2.